The monoisotopic (exact) mass is 448 g/mol. The van der Waals surface area contributed by atoms with E-state index in [9.17, 15) is 19.6 Å². The van der Waals surface area contributed by atoms with Crippen LogP contribution in [0.15, 0.2) is 52.8 Å². The molecule has 2 aromatic heterocycles. The number of hydrogen-bond donors (Lipinski definition) is 2. The summed E-state index contributed by atoms with van der Waals surface area (Å²) >= 11 is 1.33. The summed E-state index contributed by atoms with van der Waals surface area (Å²) in [6, 6.07) is 11.7. The number of pyridine rings is 1. The van der Waals surface area contributed by atoms with Gasteiger partial charge in [-0.15, -0.1) is 11.3 Å². The number of hydrogen-bond acceptors (Lipinski definition) is 5. The number of carbonyl (C=O) groups is 2. The molecule has 0 radical (unpaired) electrons. The molecule has 0 atom stereocenters. The summed E-state index contributed by atoms with van der Waals surface area (Å²) in [6.07, 6.45) is 1.63. The number of thiophene rings is 1. The standard InChI is InChI=1S/C24H24N4O3S/c1-15-5-10-21(30)28(12-15)13-20(29)26-17-8-6-16(7-9-17)22(31)27-23-18(11-25)19(14-32-23)24(2,3)4/h5-10,12,14H,13H2,1-4H3,(H,26,29)(H,27,31). The Labute approximate surface area is 190 Å². The molecule has 8 heteroatoms. The summed E-state index contributed by atoms with van der Waals surface area (Å²) in [4.78, 5) is 36.8. The van der Waals surface area contributed by atoms with Crippen molar-refractivity contribution >= 4 is 33.8 Å². The lowest BCUT2D eigenvalue weighted by molar-refractivity contribution is -0.116. The van der Waals surface area contributed by atoms with Gasteiger partial charge in [0.2, 0.25) is 5.91 Å². The van der Waals surface area contributed by atoms with Gasteiger partial charge in [-0.25, -0.2) is 0 Å². The van der Waals surface area contributed by atoms with E-state index in [1.54, 1.807) is 36.5 Å². The van der Waals surface area contributed by atoms with Gasteiger partial charge in [0.1, 0.15) is 17.6 Å². The van der Waals surface area contributed by atoms with E-state index in [1.807, 2.05) is 33.1 Å². The average Bonchev–Trinajstić information content (AvgIpc) is 3.14. The van der Waals surface area contributed by atoms with Crippen molar-refractivity contribution in [1.29, 1.82) is 5.26 Å². The summed E-state index contributed by atoms with van der Waals surface area (Å²) in [5.41, 5.74) is 2.71. The minimum Gasteiger partial charge on any atom is -0.325 e. The van der Waals surface area contributed by atoms with E-state index in [-0.39, 0.29) is 29.3 Å². The van der Waals surface area contributed by atoms with E-state index in [1.165, 1.54) is 22.0 Å². The van der Waals surface area contributed by atoms with Gasteiger partial charge >= 0.3 is 0 Å². The van der Waals surface area contributed by atoms with Gasteiger partial charge < -0.3 is 15.2 Å². The molecule has 0 bridgehead atoms. The van der Waals surface area contributed by atoms with Crippen LogP contribution < -0.4 is 16.2 Å². The van der Waals surface area contributed by atoms with Crippen molar-refractivity contribution in [3.8, 4) is 6.07 Å². The second-order valence-electron chi connectivity index (χ2n) is 8.47. The smallest absolute Gasteiger partial charge is 0.256 e. The Morgan fingerprint density at radius 1 is 1.09 bits per heavy atom. The Bertz CT molecular complexity index is 1260. The molecule has 0 aliphatic rings. The molecule has 164 valence electrons. The predicted octanol–water partition coefficient (Wildman–Crippen LogP) is 4.28. The third kappa shape index (κ3) is 5.31. The fourth-order valence-corrected chi connectivity index (χ4v) is 4.25. The molecule has 32 heavy (non-hydrogen) atoms. The van der Waals surface area contributed by atoms with Crippen LogP contribution in [0.1, 0.15) is 47.8 Å². The molecule has 1 aromatic carbocycles. The SMILES string of the molecule is Cc1ccc(=O)n(CC(=O)Nc2ccc(C(=O)Nc3scc(C(C)(C)C)c3C#N)cc2)c1. The number of nitrogens with one attached hydrogen (secondary N) is 2. The van der Waals surface area contributed by atoms with Crippen LogP contribution in [0.2, 0.25) is 0 Å². The zero-order valence-corrected chi connectivity index (χ0v) is 19.2. The maximum atomic E-state index is 12.6. The largest absolute Gasteiger partial charge is 0.325 e. The van der Waals surface area contributed by atoms with E-state index in [0.29, 0.717) is 21.8 Å². The van der Waals surface area contributed by atoms with Crippen LogP contribution in [0.4, 0.5) is 10.7 Å². The molecule has 0 aliphatic carbocycles. The fourth-order valence-electron chi connectivity index (χ4n) is 3.12. The molecule has 2 amide bonds. The lowest BCUT2D eigenvalue weighted by Crippen LogP contribution is -2.26. The van der Waals surface area contributed by atoms with Gasteiger partial charge in [-0.2, -0.15) is 5.26 Å². The van der Waals surface area contributed by atoms with Gasteiger partial charge in [-0.05, 0) is 53.1 Å². The van der Waals surface area contributed by atoms with Gasteiger partial charge in [-0.3, -0.25) is 14.4 Å². The highest BCUT2D eigenvalue weighted by atomic mass is 32.1. The molecular formula is C24H24N4O3S. The molecule has 7 nitrogen and oxygen atoms in total. The number of benzene rings is 1. The van der Waals surface area contributed by atoms with Crippen molar-refractivity contribution in [3.05, 3.63) is 80.6 Å². The Morgan fingerprint density at radius 2 is 1.78 bits per heavy atom. The van der Waals surface area contributed by atoms with E-state index in [4.69, 9.17) is 0 Å². The summed E-state index contributed by atoms with van der Waals surface area (Å²) in [6.45, 7) is 7.79. The van der Waals surface area contributed by atoms with Crippen molar-refractivity contribution in [3.63, 3.8) is 0 Å². The number of carbonyl (C=O) groups excluding carboxylic acids is 2. The molecule has 2 N–H and O–H groups in total. The molecule has 3 aromatic rings. The number of rotatable bonds is 5. The Morgan fingerprint density at radius 3 is 2.41 bits per heavy atom. The van der Waals surface area contributed by atoms with Gasteiger partial charge in [0, 0.05) is 23.5 Å². The maximum Gasteiger partial charge on any atom is 0.256 e. The summed E-state index contributed by atoms with van der Waals surface area (Å²) in [5, 5.41) is 17.5. The highest BCUT2D eigenvalue weighted by molar-refractivity contribution is 7.14. The zero-order valence-electron chi connectivity index (χ0n) is 18.4. The molecule has 0 saturated carbocycles. The first kappa shape index (κ1) is 23.0. The van der Waals surface area contributed by atoms with Crippen LogP contribution in [0.25, 0.3) is 0 Å². The van der Waals surface area contributed by atoms with Gasteiger partial charge in [-0.1, -0.05) is 26.8 Å². The second-order valence-corrected chi connectivity index (χ2v) is 9.35. The molecule has 2 heterocycles. The zero-order chi connectivity index (χ0) is 23.5. The third-order valence-corrected chi connectivity index (χ3v) is 5.71. The number of amides is 2. The number of anilines is 2. The van der Waals surface area contributed by atoms with Crippen molar-refractivity contribution in [2.75, 3.05) is 10.6 Å². The van der Waals surface area contributed by atoms with Crippen LogP contribution in [0.5, 0.6) is 0 Å². The van der Waals surface area contributed by atoms with Gasteiger partial charge in [0.15, 0.2) is 0 Å². The first-order chi connectivity index (χ1) is 15.1. The second kappa shape index (κ2) is 9.20. The van der Waals surface area contributed by atoms with Crippen molar-refractivity contribution in [2.45, 2.75) is 39.7 Å². The van der Waals surface area contributed by atoms with Crippen molar-refractivity contribution < 1.29 is 9.59 Å². The first-order valence-electron chi connectivity index (χ1n) is 9.99. The molecule has 0 aliphatic heterocycles. The van der Waals surface area contributed by atoms with Crippen molar-refractivity contribution in [2.24, 2.45) is 0 Å². The average molecular weight is 449 g/mol. The normalized spacial score (nSPS) is 11.0. The Balaban J connectivity index is 1.67. The number of aryl methyl sites for hydroxylation is 1. The summed E-state index contributed by atoms with van der Waals surface area (Å²) in [5.74, 6) is -0.685. The summed E-state index contributed by atoms with van der Waals surface area (Å²) < 4.78 is 1.34. The van der Waals surface area contributed by atoms with E-state index < -0.39 is 0 Å². The van der Waals surface area contributed by atoms with Crippen LogP contribution in [0, 0.1) is 18.3 Å². The van der Waals surface area contributed by atoms with Crippen LogP contribution >= 0.6 is 11.3 Å². The van der Waals surface area contributed by atoms with E-state index in [2.05, 4.69) is 16.7 Å². The van der Waals surface area contributed by atoms with E-state index in [0.717, 1.165) is 11.1 Å². The molecule has 0 spiro atoms. The molecule has 0 saturated heterocycles. The Kier molecular flexibility index (Phi) is 6.61. The number of nitrogens with zero attached hydrogens (tertiary/aromatic N) is 2. The minimum absolute atomic E-state index is 0.103. The molecular weight excluding hydrogens is 424 g/mol. The molecule has 0 fully saturated rings. The summed E-state index contributed by atoms with van der Waals surface area (Å²) in [7, 11) is 0. The van der Waals surface area contributed by atoms with Crippen molar-refractivity contribution in [1.82, 2.24) is 4.57 Å². The number of aromatic nitrogens is 1. The van der Waals surface area contributed by atoms with Gasteiger partial charge in [0.05, 0.1) is 5.56 Å². The third-order valence-electron chi connectivity index (χ3n) is 4.81. The van der Waals surface area contributed by atoms with E-state index >= 15 is 0 Å². The quantitative estimate of drug-likeness (QED) is 0.608. The first-order valence-corrected chi connectivity index (χ1v) is 10.9. The minimum atomic E-state index is -0.346. The molecule has 0 unspecified atom stereocenters. The topological polar surface area (TPSA) is 104 Å². The highest BCUT2D eigenvalue weighted by Gasteiger charge is 2.23. The Hall–Kier alpha value is -3.70. The molecule has 3 rings (SSSR count). The maximum absolute atomic E-state index is 12.6. The lowest BCUT2D eigenvalue weighted by atomic mass is 9.86. The van der Waals surface area contributed by atoms with Crippen LogP contribution in [0.3, 0.4) is 0 Å². The number of nitriles is 1. The van der Waals surface area contributed by atoms with Crippen LogP contribution in [-0.4, -0.2) is 16.4 Å². The predicted molar refractivity (Wildman–Crippen MR) is 126 cm³/mol. The lowest BCUT2D eigenvalue weighted by Gasteiger charge is -2.17. The van der Waals surface area contributed by atoms with Crippen LogP contribution in [-0.2, 0) is 16.8 Å². The fraction of sp³-hybridized carbons (Fsp3) is 0.250. The highest BCUT2D eigenvalue weighted by Crippen LogP contribution is 2.35. The van der Waals surface area contributed by atoms with Gasteiger partial charge in [0.25, 0.3) is 11.5 Å².